The summed E-state index contributed by atoms with van der Waals surface area (Å²) in [6, 6.07) is 17.8. The van der Waals surface area contributed by atoms with E-state index in [2.05, 4.69) is 10.6 Å². The zero-order valence-corrected chi connectivity index (χ0v) is 20.1. The Balaban J connectivity index is 1.99. The van der Waals surface area contributed by atoms with Crippen molar-refractivity contribution in [3.05, 3.63) is 101 Å². The topological polar surface area (TPSA) is 44.3 Å². The van der Waals surface area contributed by atoms with Crippen molar-refractivity contribution in [1.29, 1.82) is 0 Å². The lowest BCUT2D eigenvalue weighted by Gasteiger charge is -2.40. The van der Waals surface area contributed by atoms with Gasteiger partial charge in [-0.1, -0.05) is 74.5 Å². The number of thiocarbonyl (C=S) groups is 1. The lowest BCUT2D eigenvalue weighted by molar-refractivity contribution is -0.143. The van der Waals surface area contributed by atoms with Crippen LogP contribution < -0.4 is 10.6 Å². The molecule has 3 N–H and O–H groups in total. The number of aliphatic hydroxyl groups is 1. The first-order valence-corrected chi connectivity index (χ1v) is 11.3. The Morgan fingerprint density at radius 1 is 0.722 bits per heavy atom. The van der Waals surface area contributed by atoms with Gasteiger partial charge in [-0.25, -0.2) is 0 Å². The maximum Gasteiger partial charge on any atom is 0.416 e. The summed E-state index contributed by atoms with van der Waals surface area (Å²) in [6.07, 6.45) is -9.98. The molecular weight excluding hydrogens is 502 g/mol. The fourth-order valence-electron chi connectivity index (χ4n) is 4.00. The zero-order chi connectivity index (χ0) is 26.7. The molecule has 0 radical (unpaired) electrons. The van der Waals surface area contributed by atoms with E-state index in [0.29, 0.717) is 23.3 Å². The predicted octanol–water partition coefficient (Wildman–Crippen LogP) is 6.97. The van der Waals surface area contributed by atoms with Crippen molar-refractivity contribution in [3.8, 4) is 0 Å². The third-order valence-corrected chi connectivity index (χ3v) is 5.90. The Morgan fingerprint density at radius 3 is 1.50 bits per heavy atom. The van der Waals surface area contributed by atoms with Gasteiger partial charge in [0.25, 0.3) is 0 Å². The molecule has 3 aromatic rings. The van der Waals surface area contributed by atoms with Crippen LogP contribution in [0.5, 0.6) is 0 Å². The van der Waals surface area contributed by atoms with E-state index in [0.717, 1.165) is 0 Å². The fourth-order valence-corrected chi connectivity index (χ4v) is 4.24. The highest BCUT2D eigenvalue weighted by Crippen LogP contribution is 2.38. The molecular formula is C26H24F6N2OS. The Morgan fingerprint density at radius 2 is 1.14 bits per heavy atom. The molecule has 0 saturated carbocycles. The molecule has 0 heterocycles. The quantitative estimate of drug-likeness (QED) is 0.240. The van der Waals surface area contributed by atoms with E-state index >= 15 is 0 Å². The lowest BCUT2D eigenvalue weighted by Crippen LogP contribution is -2.55. The van der Waals surface area contributed by atoms with Gasteiger partial charge in [0, 0.05) is 5.69 Å². The highest BCUT2D eigenvalue weighted by Gasteiger charge is 2.42. The van der Waals surface area contributed by atoms with Crippen LogP contribution in [0.25, 0.3) is 0 Å². The van der Waals surface area contributed by atoms with Gasteiger partial charge in [0.05, 0.1) is 17.2 Å². The van der Waals surface area contributed by atoms with Crippen LogP contribution in [0.3, 0.4) is 0 Å². The molecule has 0 fully saturated rings. The van der Waals surface area contributed by atoms with Gasteiger partial charge in [0.15, 0.2) is 5.11 Å². The molecule has 0 saturated heterocycles. The Kier molecular flexibility index (Phi) is 8.00. The highest BCUT2D eigenvalue weighted by molar-refractivity contribution is 7.80. The van der Waals surface area contributed by atoms with Crippen LogP contribution in [0.1, 0.15) is 36.1 Å². The molecule has 0 unspecified atom stereocenters. The maximum atomic E-state index is 13.2. The zero-order valence-electron chi connectivity index (χ0n) is 19.3. The van der Waals surface area contributed by atoms with E-state index in [-0.39, 0.29) is 17.1 Å². The first kappa shape index (κ1) is 27.5. The maximum absolute atomic E-state index is 13.2. The van der Waals surface area contributed by atoms with Gasteiger partial charge >= 0.3 is 12.4 Å². The standard InChI is InChI=1S/C26H24F6N2OS/c1-16(2)22(24(35,17-9-5-3-6-10-17)18-11-7-4-8-12-18)34-23(36)33-21-14-19(25(27,28)29)13-20(15-21)26(30,31)32/h3-16,22,35H,1-2H3,(H2,33,34,36)/t22-/m0/s1. The second-order valence-electron chi connectivity index (χ2n) is 8.61. The SMILES string of the molecule is CC(C)[C@H](NC(=S)Nc1cc(C(F)(F)F)cc(C(F)(F)F)c1)C(O)(c1ccccc1)c1ccccc1. The number of halogens is 6. The number of hydrogen-bond acceptors (Lipinski definition) is 2. The van der Waals surface area contributed by atoms with Gasteiger partial charge < -0.3 is 15.7 Å². The average molecular weight is 527 g/mol. The second-order valence-corrected chi connectivity index (χ2v) is 9.02. The molecule has 3 aromatic carbocycles. The fraction of sp³-hybridized carbons (Fsp3) is 0.269. The monoisotopic (exact) mass is 526 g/mol. The second kappa shape index (κ2) is 10.5. The van der Waals surface area contributed by atoms with E-state index in [9.17, 15) is 31.4 Å². The molecule has 0 bridgehead atoms. The Bertz CT molecular complexity index is 1110. The van der Waals surface area contributed by atoms with E-state index in [1.54, 1.807) is 60.7 Å². The molecule has 10 heteroatoms. The molecule has 0 aliphatic rings. The first-order valence-electron chi connectivity index (χ1n) is 10.9. The van der Waals surface area contributed by atoms with Crippen LogP contribution in [-0.4, -0.2) is 16.3 Å². The molecule has 3 rings (SSSR count). The van der Waals surface area contributed by atoms with Crippen molar-refractivity contribution in [2.75, 3.05) is 5.32 Å². The number of anilines is 1. The number of benzene rings is 3. The molecule has 0 amide bonds. The van der Waals surface area contributed by atoms with Crippen LogP contribution in [0.4, 0.5) is 32.0 Å². The number of alkyl halides is 6. The van der Waals surface area contributed by atoms with E-state index in [4.69, 9.17) is 12.2 Å². The third kappa shape index (κ3) is 6.17. The van der Waals surface area contributed by atoms with Crippen molar-refractivity contribution in [3.63, 3.8) is 0 Å². The first-order chi connectivity index (χ1) is 16.7. The summed E-state index contributed by atoms with van der Waals surface area (Å²) < 4.78 is 79.5. The van der Waals surface area contributed by atoms with Crippen molar-refractivity contribution in [1.82, 2.24) is 5.32 Å². The largest absolute Gasteiger partial charge is 0.416 e. The van der Waals surface area contributed by atoms with Crippen molar-refractivity contribution >= 4 is 23.0 Å². The van der Waals surface area contributed by atoms with Crippen LogP contribution in [0, 0.1) is 5.92 Å². The van der Waals surface area contributed by atoms with Crippen LogP contribution in [0.15, 0.2) is 78.9 Å². The van der Waals surface area contributed by atoms with Gasteiger partial charge in [0.1, 0.15) is 5.60 Å². The molecule has 192 valence electrons. The van der Waals surface area contributed by atoms with Gasteiger partial charge in [-0.3, -0.25) is 0 Å². The molecule has 36 heavy (non-hydrogen) atoms. The summed E-state index contributed by atoms with van der Waals surface area (Å²) in [4.78, 5) is 0. The smallest absolute Gasteiger partial charge is 0.378 e. The van der Waals surface area contributed by atoms with Crippen molar-refractivity contribution < 1.29 is 31.4 Å². The van der Waals surface area contributed by atoms with E-state index in [1.165, 1.54) is 0 Å². The molecule has 1 atom stereocenters. The van der Waals surface area contributed by atoms with Gasteiger partial charge in [-0.15, -0.1) is 0 Å². The average Bonchev–Trinajstić information content (AvgIpc) is 2.81. The molecule has 0 aromatic heterocycles. The number of hydrogen-bond donors (Lipinski definition) is 3. The molecule has 3 nitrogen and oxygen atoms in total. The van der Waals surface area contributed by atoms with E-state index < -0.39 is 40.8 Å². The highest BCUT2D eigenvalue weighted by atomic mass is 32.1. The van der Waals surface area contributed by atoms with Crippen molar-refractivity contribution in [2.24, 2.45) is 5.92 Å². The number of nitrogens with one attached hydrogen (secondary N) is 2. The lowest BCUT2D eigenvalue weighted by atomic mass is 9.76. The molecule has 0 aliphatic heterocycles. The van der Waals surface area contributed by atoms with Crippen LogP contribution in [-0.2, 0) is 18.0 Å². The van der Waals surface area contributed by atoms with Crippen LogP contribution in [0.2, 0.25) is 0 Å². The summed E-state index contributed by atoms with van der Waals surface area (Å²) in [6.45, 7) is 3.62. The summed E-state index contributed by atoms with van der Waals surface area (Å²) >= 11 is 5.28. The third-order valence-electron chi connectivity index (χ3n) is 5.68. The normalized spacial score (nSPS) is 13.4. The number of rotatable bonds is 6. The Hall–Kier alpha value is -3.11. The predicted molar refractivity (Wildman–Crippen MR) is 130 cm³/mol. The van der Waals surface area contributed by atoms with Crippen LogP contribution >= 0.6 is 12.2 Å². The molecule has 0 spiro atoms. The van der Waals surface area contributed by atoms with Gasteiger partial charge in [-0.2, -0.15) is 26.3 Å². The summed E-state index contributed by atoms with van der Waals surface area (Å²) in [5, 5.41) is 17.2. The van der Waals surface area contributed by atoms with Crippen molar-refractivity contribution in [2.45, 2.75) is 37.8 Å². The summed E-state index contributed by atoms with van der Waals surface area (Å²) in [5.41, 5.74) is -3.98. The summed E-state index contributed by atoms with van der Waals surface area (Å²) in [5.74, 6) is -0.276. The van der Waals surface area contributed by atoms with Gasteiger partial charge in [0.2, 0.25) is 0 Å². The van der Waals surface area contributed by atoms with E-state index in [1.807, 2.05) is 13.8 Å². The minimum atomic E-state index is -4.99. The minimum Gasteiger partial charge on any atom is -0.378 e. The Labute approximate surface area is 210 Å². The summed E-state index contributed by atoms with van der Waals surface area (Å²) in [7, 11) is 0. The van der Waals surface area contributed by atoms with Gasteiger partial charge in [-0.05, 0) is 47.5 Å². The molecule has 0 aliphatic carbocycles. The minimum absolute atomic E-state index is 0.0438.